The fourth-order valence-electron chi connectivity index (χ4n) is 4.18. The van der Waals surface area contributed by atoms with Gasteiger partial charge in [0, 0.05) is 18.0 Å². The highest BCUT2D eigenvalue weighted by molar-refractivity contribution is 6.06. The summed E-state index contributed by atoms with van der Waals surface area (Å²) in [6.45, 7) is 5.95. The molecule has 1 saturated carbocycles. The maximum Gasteiger partial charge on any atom is 0.270 e. The molecule has 0 aliphatic heterocycles. The molecule has 4 aromatic rings. The van der Waals surface area contributed by atoms with Crippen LogP contribution in [-0.2, 0) is 0 Å². The van der Waals surface area contributed by atoms with Gasteiger partial charge in [-0.05, 0) is 74.9 Å². The number of nitrogens with one attached hydrogen (secondary N) is 1. The molecule has 1 fully saturated rings. The molecule has 1 aliphatic rings. The van der Waals surface area contributed by atoms with Crippen molar-refractivity contribution in [3.05, 3.63) is 64.7 Å². The second-order valence-corrected chi connectivity index (χ2v) is 8.11. The van der Waals surface area contributed by atoms with E-state index in [1.807, 2.05) is 45.0 Å². The summed E-state index contributed by atoms with van der Waals surface area (Å²) < 4.78 is 7.19. The fourth-order valence-corrected chi connectivity index (χ4v) is 4.18. The number of aromatic nitrogens is 3. The van der Waals surface area contributed by atoms with Crippen molar-refractivity contribution in [1.29, 1.82) is 0 Å². The minimum Gasteiger partial charge on any atom is -0.361 e. The van der Waals surface area contributed by atoms with Crippen LogP contribution in [0.5, 0.6) is 0 Å². The lowest BCUT2D eigenvalue weighted by Crippen LogP contribution is -2.21. The highest BCUT2D eigenvalue weighted by Gasteiger charge is 2.30. The molecule has 0 spiro atoms. The number of fused-ring (bicyclic) bond motifs is 1. The molecule has 6 nitrogen and oxygen atoms in total. The normalized spacial score (nSPS) is 13.7. The van der Waals surface area contributed by atoms with Gasteiger partial charge in [-0.1, -0.05) is 22.9 Å². The molecular weight excluding hydrogens is 376 g/mol. The van der Waals surface area contributed by atoms with Crippen molar-refractivity contribution >= 4 is 16.8 Å². The number of carbonyl (C=O) groups excluding carboxylic acids is 1. The predicted molar refractivity (Wildman–Crippen MR) is 116 cm³/mol. The molecule has 5 rings (SSSR count). The third kappa shape index (κ3) is 2.91. The number of carbonyl (C=O) groups is 1. The van der Waals surface area contributed by atoms with Crippen LogP contribution in [0.4, 0.5) is 0 Å². The van der Waals surface area contributed by atoms with Crippen LogP contribution in [-0.4, -0.2) is 27.9 Å². The van der Waals surface area contributed by atoms with E-state index in [0.29, 0.717) is 11.6 Å². The monoisotopic (exact) mass is 400 g/mol. The van der Waals surface area contributed by atoms with E-state index in [-0.39, 0.29) is 5.91 Å². The second kappa shape index (κ2) is 6.83. The smallest absolute Gasteiger partial charge is 0.270 e. The molecule has 0 atom stereocenters. The number of nitrogens with zero attached hydrogens (tertiary/aromatic N) is 3. The molecule has 1 N–H and O–H groups in total. The molecule has 2 aromatic carbocycles. The first-order valence-electron chi connectivity index (χ1n) is 10.3. The molecule has 1 aliphatic carbocycles. The van der Waals surface area contributed by atoms with Gasteiger partial charge in [0.2, 0.25) is 0 Å². The standard InChI is InChI=1S/C24H24N4O2/c1-13-5-9-17(10-6-13)28-23(24(29)25-4)20-11-18(16-7-8-16)19(12-21(20)26-28)22-14(2)27-30-15(22)3/h5-6,9-12,16H,7-8H2,1-4H3,(H,25,29). The molecule has 0 bridgehead atoms. The second-order valence-electron chi connectivity index (χ2n) is 8.11. The van der Waals surface area contributed by atoms with E-state index in [9.17, 15) is 4.79 Å². The SMILES string of the molecule is CNC(=O)c1c2cc(C3CC3)c(-c3c(C)noc3C)cc2nn1-c1ccc(C)cc1. The molecule has 30 heavy (non-hydrogen) atoms. The fraction of sp³-hybridized carbons (Fsp3) is 0.292. The quantitative estimate of drug-likeness (QED) is 0.532. The lowest BCUT2D eigenvalue weighted by molar-refractivity contribution is 0.0957. The lowest BCUT2D eigenvalue weighted by Gasteiger charge is -2.10. The first-order valence-corrected chi connectivity index (χ1v) is 10.3. The highest BCUT2D eigenvalue weighted by Crippen LogP contribution is 2.47. The van der Waals surface area contributed by atoms with Gasteiger partial charge in [-0.25, -0.2) is 4.68 Å². The number of amides is 1. The summed E-state index contributed by atoms with van der Waals surface area (Å²) in [6, 6.07) is 12.3. The van der Waals surface area contributed by atoms with Gasteiger partial charge < -0.3 is 9.84 Å². The topological polar surface area (TPSA) is 73.0 Å². The predicted octanol–water partition coefficient (Wildman–Crippen LogP) is 4.84. The van der Waals surface area contributed by atoms with E-state index in [1.54, 1.807) is 11.7 Å². The van der Waals surface area contributed by atoms with E-state index in [2.05, 4.69) is 22.6 Å². The summed E-state index contributed by atoms with van der Waals surface area (Å²) in [6.07, 6.45) is 2.31. The molecular formula is C24H24N4O2. The van der Waals surface area contributed by atoms with Gasteiger partial charge in [-0.3, -0.25) is 4.79 Å². The Hall–Kier alpha value is -3.41. The van der Waals surface area contributed by atoms with Crippen molar-refractivity contribution in [2.75, 3.05) is 7.05 Å². The Morgan fingerprint density at radius 2 is 1.87 bits per heavy atom. The molecule has 152 valence electrons. The van der Waals surface area contributed by atoms with Crippen LogP contribution >= 0.6 is 0 Å². The Bertz CT molecular complexity index is 1260. The van der Waals surface area contributed by atoms with Crippen LogP contribution in [0.2, 0.25) is 0 Å². The zero-order chi connectivity index (χ0) is 21.0. The minimum atomic E-state index is -0.148. The number of hydrogen-bond acceptors (Lipinski definition) is 4. The third-order valence-electron chi connectivity index (χ3n) is 5.88. The van der Waals surface area contributed by atoms with Crippen LogP contribution in [0.1, 0.15) is 51.8 Å². The van der Waals surface area contributed by atoms with Gasteiger partial charge in [0.05, 0.1) is 16.9 Å². The van der Waals surface area contributed by atoms with Gasteiger partial charge in [-0.15, -0.1) is 0 Å². The summed E-state index contributed by atoms with van der Waals surface area (Å²) in [5.41, 5.74) is 7.63. The number of benzene rings is 2. The van der Waals surface area contributed by atoms with Crippen molar-refractivity contribution in [3.8, 4) is 16.8 Å². The Kier molecular flexibility index (Phi) is 4.24. The summed E-state index contributed by atoms with van der Waals surface area (Å²) >= 11 is 0. The highest BCUT2D eigenvalue weighted by atomic mass is 16.5. The van der Waals surface area contributed by atoms with Crippen molar-refractivity contribution in [1.82, 2.24) is 20.3 Å². The van der Waals surface area contributed by atoms with Crippen LogP contribution in [0.3, 0.4) is 0 Å². The minimum absolute atomic E-state index is 0.148. The van der Waals surface area contributed by atoms with Crippen molar-refractivity contribution in [3.63, 3.8) is 0 Å². The van der Waals surface area contributed by atoms with Crippen LogP contribution in [0, 0.1) is 20.8 Å². The maximum atomic E-state index is 12.9. The number of hydrogen-bond donors (Lipinski definition) is 1. The Balaban J connectivity index is 1.81. The van der Waals surface area contributed by atoms with Crippen LogP contribution in [0.25, 0.3) is 27.7 Å². The average molecular weight is 400 g/mol. The third-order valence-corrected chi connectivity index (χ3v) is 5.88. The van der Waals surface area contributed by atoms with Crippen molar-refractivity contribution in [2.24, 2.45) is 0 Å². The van der Waals surface area contributed by atoms with Gasteiger partial charge in [0.15, 0.2) is 0 Å². The first kappa shape index (κ1) is 18.6. The molecule has 1 amide bonds. The number of aryl methyl sites for hydroxylation is 3. The van der Waals surface area contributed by atoms with E-state index in [1.165, 1.54) is 5.56 Å². The largest absolute Gasteiger partial charge is 0.361 e. The zero-order valence-corrected chi connectivity index (χ0v) is 17.6. The van der Waals surface area contributed by atoms with Gasteiger partial charge >= 0.3 is 0 Å². The average Bonchev–Trinajstić information content (AvgIpc) is 3.44. The summed E-state index contributed by atoms with van der Waals surface area (Å²) in [4.78, 5) is 12.9. The summed E-state index contributed by atoms with van der Waals surface area (Å²) in [7, 11) is 1.65. The van der Waals surface area contributed by atoms with Crippen molar-refractivity contribution in [2.45, 2.75) is 39.5 Å². The van der Waals surface area contributed by atoms with Gasteiger partial charge in [-0.2, -0.15) is 5.10 Å². The maximum absolute atomic E-state index is 12.9. The number of rotatable bonds is 4. The van der Waals surface area contributed by atoms with E-state index in [0.717, 1.165) is 57.6 Å². The zero-order valence-electron chi connectivity index (χ0n) is 17.6. The molecule has 0 saturated heterocycles. The van der Waals surface area contributed by atoms with Crippen LogP contribution < -0.4 is 5.32 Å². The van der Waals surface area contributed by atoms with E-state index < -0.39 is 0 Å². The first-order chi connectivity index (χ1) is 14.5. The molecule has 0 unspecified atom stereocenters. The Labute approximate surface area is 174 Å². The summed E-state index contributed by atoms with van der Waals surface area (Å²) in [5, 5.41) is 12.6. The molecule has 2 heterocycles. The summed E-state index contributed by atoms with van der Waals surface area (Å²) in [5.74, 6) is 1.15. The van der Waals surface area contributed by atoms with Crippen LogP contribution in [0.15, 0.2) is 40.9 Å². The molecule has 2 aromatic heterocycles. The molecule has 0 radical (unpaired) electrons. The van der Waals surface area contributed by atoms with E-state index in [4.69, 9.17) is 9.62 Å². The Morgan fingerprint density at radius 3 is 2.47 bits per heavy atom. The van der Waals surface area contributed by atoms with Gasteiger partial charge in [0.25, 0.3) is 5.91 Å². The van der Waals surface area contributed by atoms with Crippen molar-refractivity contribution < 1.29 is 9.32 Å². The van der Waals surface area contributed by atoms with Gasteiger partial charge in [0.1, 0.15) is 11.5 Å². The molecule has 6 heteroatoms. The lowest BCUT2D eigenvalue weighted by atomic mass is 9.93. The van der Waals surface area contributed by atoms with E-state index >= 15 is 0 Å². The Morgan fingerprint density at radius 1 is 1.13 bits per heavy atom.